The van der Waals surface area contributed by atoms with Crippen molar-refractivity contribution in [1.29, 1.82) is 0 Å². The van der Waals surface area contributed by atoms with Gasteiger partial charge in [0, 0.05) is 19.0 Å². The highest BCUT2D eigenvalue weighted by molar-refractivity contribution is 5.89. The van der Waals surface area contributed by atoms with Crippen LogP contribution in [0.25, 0.3) is 0 Å². The van der Waals surface area contributed by atoms with E-state index in [1.54, 1.807) is 6.07 Å². The predicted molar refractivity (Wildman–Crippen MR) is 76.1 cm³/mol. The second kappa shape index (κ2) is 8.08. The second-order valence-electron chi connectivity index (χ2n) is 4.69. The van der Waals surface area contributed by atoms with Gasteiger partial charge in [-0.15, -0.1) is 0 Å². The van der Waals surface area contributed by atoms with Crippen molar-refractivity contribution >= 4 is 17.7 Å². The van der Waals surface area contributed by atoms with Crippen molar-refractivity contribution in [2.75, 3.05) is 11.9 Å². The van der Waals surface area contributed by atoms with E-state index in [4.69, 9.17) is 9.84 Å². The largest absolute Gasteiger partial charge is 0.491 e. The lowest BCUT2D eigenvalue weighted by atomic mass is 10.3. The fourth-order valence-corrected chi connectivity index (χ4v) is 1.55. The molecular weight excluding hydrogens is 279 g/mol. The molecule has 0 aromatic heterocycles. The normalized spacial score (nSPS) is 10.3. The van der Waals surface area contributed by atoms with Gasteiger partial charge in [0.15, 0.2) is 0 Å². The second-order valence-corrected chi connectivity index (χ2v) is 4.69. The molecule has 0 spiro atoms. The molecule has 6 nitrogen and oxygen atoms in total. The van der Waals surface area contributed by atoms with Crippen LogP contribution in [0.1, 0.15) is 26.7 Å². The maximum atomic E-state index is 13.8. The molecule has 7 heteroatoms. The fourth-order valence-electron chi connectivity index (χ4n) is 1.55. The Morgan fingerprint density at radius 1 is 1.38 bits per heavy atom. The van der Waals surface area contributed by atoms with Crippen LogP contribution in [0.5, 0.6) is 5.75 Å². The molecule has 0 saturated carbocycles. The van der Waals surface area contributed by atoms with Crippen molar-refractivity contribution in [1.82, 2.24) is 5.32 Å². The topological polar surface area (TPSA) is 87.7 Å². The summed E-state index contributed by atoms with van der Waals surface area (Å²) in [6, 6.07) is 3.57. The lowest BCUT2D eigenvalue weighted by Crippen LogP contribution is -2.30. The zero-order valence-electron chi connectivity index (χ0n) is 12.0. The van der Waals surface area contributed by atoms with Crippen molar-refractivity contribution in [2.24, 2.45) is 0 Å². The predicted octanol–water partition coefficient (Wildman–Crippen LogP) is 2.60. The number of carboxylic acid groups (broad SMARTS) is 1. The minimum atomic E-state index is -0.927. The lowest BCUT2D eigenvalue weighted by molar-refractivity contribution is -0.137. The summed E-state index contributed by atoms with van der Waals surface area (Å²) in [5.74, 6) is -1.15. The number of anilines is 1. The highest BCUT2D eigenvalue weighted by atomic mass is 19.1. The molecule has 0 atom stereocenters. The SMILES string of the molecule is CC(C)Oc1ccc(NC(=O)NCCCC(=O)O)c(F)c1. The zero-order valence-corrected chi connectivity index (χ0v) is 12.0. The number of rotatable bonds is 7. The number of ether oxygens (including phenoxy) is 1. The van der Waals surface area contributed by atoms with Crippen LogP contribution in [0.3, 0.4) is 0 Å². The molecule has 21 heavy (non-hydrogen) atoms. The van der Waals surface area contributed by atoms with Crippen LogP contribution in [-0.2, 0) is 4.79 Å². The number of nitrogens with one attached hydrogen (secondary N) is 2. The molecule has 0 aliphatic carbocycles. The third-order valence-corrected chi connectivity index (χ3v) is 2.41. The first-order valence-electron chi connectivity index (χ1n) is 6.61. The number of carbonyl (C=O) groups excluding carboxylic acids is 1. The van der Waals surface area contributed by atoms with Gasteiger partial charge in [-0.2, -0.15) is 0 Å². The van der Waals surface area contributed by atoms with Crippen LogP contribution in [0.4, 0.5) is 14.9 Å². The number of urea groups is 1. The maximum Gasteiger partial charge on any atom is 0.319 e. The summed E-state index contributed by atoms with van der Waals surface area (Å²) >= 11 is 0. The molecule has 1 aromatic rings. The molecule has 0 heterocycles. The van der Waals surface area contributed by atoms with Crippen LogP contribution < -0.4 is 15.4 Å². The third kappa shape index (κ3) is 6.60. The van der Waals surface area contributed by atoms with E-state index in [0.717, 1.165) is 0 Å². The molecule has 0 aliphatic rings. The average Bonchev–Trinajstić information content (AvgIpc) is 2.37. The molecule has 0 bridgehead atoms. The van der Waals surface area contributed by atoms with E-state index in [1.807, 2.05) is 13.8 Å². The summed E-state index contributed by atoms with van der Waals surface area (Å²) in [5, 5.41) is 13.2. The van der Waals surface area contributed by atoms with Crippen molar-refractivity contribution in [3.8, 4) is 5.75 Å². The van der Waals surface area contributed by atoms with Gasteiger partial charge in [0.25, 0.3) is 0 Å². The van der Waals surface area contributed by atoms with Gasteiger partial charge in [-0.25, -0.2) is 9.18 Å². The molecule has 0 radical (unpaired) electrons. The molecule has 0 fully saturated rings. The van der Waals surface area contributed by atoms with Crippen molar-refractivity contribution in [3.05, 3.63) is 24.0 Å². The van der Waals surface area contributed by atoms with Crippen molar-refractivity contribution in [3.63, 3.8) is 0 Å². The number of hydrogen-bond acceptors (Lipinski definition) is 3. The van der Waals surface area contributed by atoms with Crippen LogP contribution >= 0.6 is 0 Å². The van der Waals surface area contributed by atoms with E-state index in [-0.39, 0.29) is 24.8 Å². The highest BCUT2D eigenvalue weighted by Gasteiger charge is 2.09. The summed E-state index contributed by atoms with van der Waals surface area (Å²) in [5.41, 5.74) is 0.0295. The number of aliphatic carboxylic acids is 1. The Morgan fingerprint density at radius 2 is 2.10 bits per heavy atom. The van der Waals surface area contributed by atoms with Crippen molar-refractivity contribution in [2.45, 2.75) is 32.8 Å². The maximum absolute atomic E-state index is 13.8. The average molecular weight is 298 g/mol. The number of halogens is 1. The third-order valence-electron chi connectivity index (χ3n) is 2.41. The zero-order chi connectivity index (χ0) is 15.8. The minimum absolute atomic E-state index is 0.0295. The monoisotopic (exact) mass is 298 g/mol. The van der Waals surface area contributed by atoms with E-state index in [0.29, 0.717) is 12.2 Å². The quantitative estimate of drug-likeness (QED) is 0.675. The first-order chi connectivity index (χ1) is 9.88. The molecule has 0 saturated heterocycles. The smallest absolute Gasteiger partial charge is 0.319 e. The number of benzene rings is 1. The molecule has 1 rings (SSSR count). The van der Waals surface area contributed by atoms with Gasteiger partial charge in [0.2, 0.25) is 0 Å². The summed E-state index contributed by atoms with van der Waals surface area (Å²) in [7, 11) is 0. The van der Waals surface area contributed by atoms with E-state index in [2.05, 4.69) is 10.6 Å². The Kier molecular flexibility index (Phi) is 6.45. The Balaban J connectivity index is 2.47. The molecule has 3 N–H and O–H groups in total. The molecule has 0 unspecified atom stereocenters. The number of amides is 2. The number of hydrogen-bond donors (Lipinski definition) is 3. The Bertz CT molecular complexity index is 506. The van der Waals surface area contributed by atoms with Gasteiger partial charge in [0.1, 0.15) is 11.6 Å². The molecule has 1 aromatic carbocycles. The Hall–Kier alpha value is -2.31. The molecule has 116 valence electrons. The Morgan fingerprint density at radius 3 is 2.67 bits per heavy atom. The fraction of sp³-hybridized carbons (Fsp3) is 0.429. The summed E-state index contributed by atoms with van der Waals surface area (Å²) < 4.78 is 19.1. The van der Waals surface area contributed by atoms with Gasteiger partial charge >= 0.3 is 12.0 Å². The van der Waals surface area contributed by atoms with Gasteiger partial charge in [-0.05, 0) is 32.4 Å². The summed E-state index contributed by atoms with van der Waals surface area (Å²) in [6.07, 6.45) is 0.211. The van der Waals surface area contributed by atoms with Crippen LogP contribution in [0.2, 0.25) is 0 Å². The van der Waals surface area contributed by atoms with E-state index >= 15 is 0 Å². The first-order valence-corrected chi connectivity index (χ1v) is 6.61. The van der Waals surface area contributed by atoms with Crippen molar-refractivity contribution < 1.29 is 23.8 Å². The highest BCUT2D eigenvalue weighted by Crippen LogP contribution is 2.21. The number of carboxylic acids is 1. The van der Waals surface area contributed by atoms with Gasteiger partial charge in [-0.3, -0.25) is 4.79 Å². The van der Waals surface area contributed by atoms with E-state index < -0.39 is 17.8 Å². The molecular formula is C14H19FN2O4. The molecule has 2 amide bonds. The summed E-state index contributed by atoms with van der Waals surface area (Å²) in [4.78, 5) is 21.8. The lowest BCUT2D eigenvalue weighted by Gasteiger charge is -2.12. The van der Waals surface area contributed by atoms with Crippen LogP contribution in [0.15, 0.2) is 18.2 Å². The van der Waals surface area contributed by atoms with E-state index in [9.17, 15) is 14.0 Å². The van der Waals surface area contributed by atoms with E-state index in [1.165, 1.54) is 12.1 Å². The van der Waals surface area contributed by atoms with Crippen LogP contribution in [0, 0.1) is 5.82 Å². The van der Waals surface area contributed by atoms with Crippen LogP contribution in [-0.4, -0.2) is 29.8 Å². The minimum Gasteiger partial charge on any atom is -0.491 e. The number of carbonyl (C=O) groups is 2. The van der Waals surface area contributed by atoms with Gasteiger partial charge < -0.3 is 20.5 Å². The Labute approximate surface area is 122 Å². The first kappa shape index (κ1) is 16.7. The molecule has 0 aliphatic heterocycles. The van der Waals surface area contributed by atoms with Gasteiger partial charge in [-0.1, -0.05) is 0 Å². The standard InChI is InChI=1S/C14H19FN2O4/c1-9(2)21-10-5-6-12(11(15)8-10)17-14(20)16-7-3-4-13(18)19/h5-6,8-9H,3-4,7H2,1-2H3,(H,18,19)(H2,16,17,20). The van der Waals surface area contributed by atoms with Gasteiger partial charge in [0.05, 0.1) is 11.8 Å². The summed E-state index contributed by atoms with van der Waals surface area (Å²) in [6.45, 7) is 3.86.